The molecule has 0 saturated heterocycles. The van der Waals surface area contributed by atoms with Gasteiger partial charge < -0.3 is 5.73 Å². The first-order valence-corrected chi connectivity index (χ1v) is 4.62. The second-order valence-corrected chi connectivity index (χ2v) is 2.96. The summed E-state index contributed by atoms with van der Waals surface area (Å²) in [6.45, 7) is 4.61. The summed E-state index contributed by atoms with van der Waals surface area (Å²) in [6.07, 6.45) is 5.44. The number of carbonyl (C=O) groups is 1. The summed E-state index contributed by atoms with van der Waals surface area (Å²) in [4.78, 5) is 11.3. The first kappa shape index (κ1) is 11.4. The maximum atomic E-state index is 11.3. The first-order chi connectivity index (χ1) is 5.72. The van der Waals surface area contributed by atoms with E-state index in [0.29, 0.717) is 13.0 Å². The first-order valence-electron chi connectivity index (χ1n) is 4.62. The fraction of sp³-hybridized carbons (Fsp3) is 0.700. The Morgan fingerprint density at radius 3 is 2.58 bits per heavy atom. The van der Waals surface area contributed by atoms with E-state index in [0.717, 1.165) is 24.8 Å². The quantitative estimate of drug-likeness (QED) is 0.488. The van der Waals surface area contributed by atoms with E-state index in [9.17, 15) is 4.79 Å². The number of Topliss-reactive ketones (excluding diaryl/α,β-unsaturated/α-hetero) is 1. The molecule has 0 atom stereocenters. The predicted molar refractivity (Wildman–Crippen MR) is 52.0 cm³/mol. The zero-order chi connectivity index (χ0) is 9.40. The summed E-state index contributed by atoms with van der Waals surface area (Å²) in [5, 5.41) is 0. The smallest absolute Gasteiger partial charge is 0.158 e. The van der Waals surface area contributed by atoms with Crippen LogP contribution in [0.5, 0.6) is 0 Å². The zero-order valence-corrected chi connectivity index (χ0v) is 8.10. The van der Waals surface area contributed by atoms with Gasteiger partial charge in [-0.2, -0.15) is 0 Å². The fourth-order valence-electron chi connectivity index (χ4n) is 1.05. The van der Waals surface area contributed by atoms with Crippen LogP contribution in [-0.2, 0) is 4.79 Å². The molecule has 0 aromatic heterocycles. The van der Waals surface area contributed by atoms with Crippen LogP contribution in [0.4, 0.5) is 0 Å². The Labute approximate surface area is 74.8 Å². The lowest BCUT2D eigenvalue weighted by Crippen LogP contribution is -2.03. The molecule has 0 rings (SSSR count). The van der Waals surface area contributed by atoms with Gasteiger partial charge >= 0.3 is 0 Å². The molecule has 2 heteroatoms. The van der Waals surface area contributed by atoms with Crippen LogP contribution in [0.15, 0.2) is 11.6 Å². The van der Waals surface area contributed by atoms with Gasteiger partial charge in [0.05, 0.1) is 0 Å². The van der Waals surface area contributed by atoms with Gasteiger partial charge in [0, 0.05) is 6.42 Å². The van der Waals surface area contributed by atoms with Gasteiger partial charge in [0.1, 0.15) is 0 Å². The Hall–Kier alpha value is -0.630. The van der Waals surface area contributed by atoms with Crippen LogP contribution in [0.2, 0.25) is 0 Å². The van der Waals surface area contributed by atoms with E-state index < -0.39 is 0 Å². The van der Waals surface area contributed by atoms with Gasteiger partial charge in [-0.25, -0.2) is 0 Å². The predicted octanol–water partition coefficient (Wildman–Crippen LogP) is 2.04. The van der Waals surface area contributed by atoms with Crippen LogP contribution in [0.25, 0.3) is 0 Å². The number of hydrogen-bond donors (Lipinski definition) is 1. The molecule has 0 bridgehead atoms. The van der Waals surface area contributed by atoms with Gasteiger partial charge in [-0.15, -0.1) is 0 Å². The zero-order valence-electron chi connectivity index (χ0n) is 8.10. The normalized spacial score (nSPS) is 11.8. The largest absolute Gasteiger partial charge is 0.330 e. The second-order valence-electron chi connectivity index (χ2n) is 2.96. The van der Waals surface area contributed by atoms with E-state index in [4.69, 9.17) is 5.73 Å². The van der Waals surface area contributed by atoms with E-state index in [2.05, 4.69) is 0 Å². The number of ketones is 1. The molecule has 0 aliphatic carbocycles. The molecule has 0 aliphatic heterocycles. The molecule has 0 amide bonds. The molecule has 0 saturated carbocycles. The average molecular weight is 169 g/mol. The molecular formula is C10H19NO. The Kier molecular flexibility index (Phi) is 6.67. The topological polar surface area (TPSA) is 43.1 Å². The van der Waals surface area contributed by atoms with Crippen molar-refractivity contribution in [1.82, 2.24) is 0 Å². The number of unbranched alkanes of at least 4 members (excludes halogenated alkanes) is 1. The van der Waals surface area contributed by atoms with Crippen LogP contribution in [-0.4, -0.2) is 12.3 Å². The van der Waals surface area contributed by atoms with Crippen LogP contribution in [0.1, 0.15) is 39.5 Å². The van der Waals surface area contributed by atoms with E-state index in [1.54, 1.807) is 0 Å². The highest BCUT2D eigenvalue weighted by Gasteiger charge is 2.02. The van der Waals surface area contributed by atoms with Crippen molar-refractivity contribution in [3.8, 4) is 0 Å². The van der Waals surface area contributed by atoms with Crippen LogP contribution < -0.4 is 5.73 Å². The molecule has 0 spiro atoms. The van der Waals surface area contributed by atoms with Crippen molar-refractivity contribution in [2.75, 3.05) is 6.54 Å². The van der Waals surface area contributed by atoms with Crippen molar-refractivity contribution >= 4 is 5.78 Å². The Morgan fingerprint density at radius 1 is 1.42 bits per heavy atom. The fourth-order valence-corrected chi connectivity index (χ4v) is 1.05. The summed E-state index contributed by atoms with van der Waals surface area (Å²) in [7, 11) is 0. The molecule has 12 heavy (non-hydrogen) atoms. The van der Waals surface area contributed by atoms with Gasteiger partial charge in [-0.05, 0) is 38.3 Å². The summed E-state index contributed by atoms with van der Waals surface area (Å²) < 4.78 is 0. The summed E-state index contributed by atoms with van der Waals surface area (Å²) >= 11 is 0. The number of allylic oxidation sites excluding steroid dienone is 2. The number of carbonyl (C=O) groups excluding carboxylic acids is 1. The van der Waals surface area contributed by atoms with E-state index in [1.165, 1.54) is 0 Å². The Balaban J connectivity index is 3.64. The molecule has 0 unspecified atom stereocenters. The monoisotopic (exact) mass is 169 g/mol. The molecular weight excluding hydrogens is 150 g/mol. The lowest BCUT2D eigenvalue weighted by molar-refractivity contribution is -0.115. The van der Waals surface area contributed by atoms with Gasteiger partial charge in [-0.1, -0.05) is 13.0 Å². The Morgan fingerprint density at radius 2 is 2.08 bits per heavy atom. The third kappa shape index (κ3) is 5.08. The van der Waals surface area contributed by atoms with Crippen molar-refractivity contribution in [1.29, 1.82) is 0 Å². The lowest BCUT2D eigenvalue weighted by atomic mass is 10.1. The number of hydrogen-bond acceptors (Lipinski definition) is 2. The van der Waals surface area contributed by atoms with Crippen molar-refractivity contribution in [3.05, 3.63) is 11.6 Å². The molecule has 2 N–H and O–H groups in total. The van der Waals surface area contributed by atoms with Gasteiger partial charge in [-0.3, -0.25) is 4.79 Å². The second kappa shape index (κ2) is 7.04. The van der Waals surface area contributed by atoms with Gasteiger partial charge in [0.15, 0.2) is 5.78 Å². The average Bonchev–Trinajstić information content (AvgIpc) is 2.05. The van der Waals surface area contributed by atoms with E-state index in [-0.39, 0.29) is 5.78 Å². The maximum Gasteiger partial charge on any atom is 0.158 e. The third-order valence-electron chi connectivity index (χ3n) is 1.81. The van der Waals surface area contributed by atoms with Crippen LogP contribution in [0, 0.1) is 0 Å². The molecule has 0 radical (unpaired) electrons. The highest BCUT2D eigenvalue weighted by molar-refractivity contribution is 5.94. The van der Waals surface area contributed by atoms with Crippen LogP contribution in [0.3, 0.4) is 0 Å². The molecule has 70 valence electrons. The molecule has 2 nitrogen and oxygen atoms in total. The van der Waals surface area contributed by atoms with Crippen molar-refractivity contribution in [2.45, 2.75) is 39.5 Å². The Bertz CT molecular complexity index is 161. The molecule has 0 fully saturated rings. The molecule has 0 aromatic carbocycles. The minimum absolute atomic E-state index is 0.269. The van der Waals surface area contributed by atoms with Crippen LogP contribution >= 0.6 is 0 Å². The summed E-state index contributed by atoms with van der Waals surface area (Å²) in [5.74, 6) is 0.269. The number of nitrogens with two attached hydrogens (primary N) is 1. The molecule has 0 heterocycles. The molecule has 0 aliphatic rings. The van der Waals surface area contributed by atoms with E-state index >= 15 is 0 Å². The SMILES string of the molecule is CC/C=C(\C)C(=O)CCCCN. The minimum Gasteiger partial charge on any atom is -0.330 e. The standard InChI is InChI=1S/C10H19NO/c1-3-6-9(2)10(12)7-4-5-8-11/h6H,3-5,7-8,11H2,1-2H3/b9-6+. The summed E-state index contributed by atoms with van der Waals surface area (Å²) in [6, 6.07) is 0. The molecule has 0 aromatic rings. The lowest BCUT2D eigenvalue weighted by Gasteiger charge is -1.99. The van der Waals surface area contributed by atoms with Crippen molar-refractivity contribution < 1.29 is 4.79 Å². The van der Waals surface area contributed by atoms with E-state index in [1.807, 2.05) is 19.9 Å². The summed E-state index contributed by atoms with van der Waals surface area (Å²) in [5.41, 5.74) is 6.22. The highest BCUT2D eigenvalue weighted by atomic mass is 16.1. The van der Waals surface area contributed by atoms with Gasteiger partial charge in [0.25, 0.3) is 0 Å². The maximum absolute atomic E-state index is 11.3. The van der Waals surface area contributed by atoms with Crippen molar-refractivity contribution in [3.63, 3.8) is 0 Å². The highest BCUT2D eigenvalue weighted by Crippen LogP contribution is 2.04. The number of rotatable bonds is 6. The minimum atomic E-state index is 0.269. The van der Waals surface area contributed by atoms with Gasteiger partial charge in [0.2, 0.25) is 0 Å². The van der Waals surface area contributed by atoms with Crippen molar-refractivity contribution in [2.24, 2.45) is 5.73 Å². The third-order valence-corrected chi connectivity index (χ3v) is 1.81.